The fraction of sp³-hybridized carbons (Fsp3) is 0. The Balaban J connectivity index is 2.25. The number of carbonyl (C=O) groups is 2. The normalized spacial score (nSPS) is 10.2. The second-order valence-corrected chi connectivity index (χ2v) is 4.60. The van der Waals surface area contributed by atoms with Gasteiger partial charge in [0.2, 0.25) is 0 Å². The summed E-state index contributed by atoms with van der Waals surface area (Å²) in [4.78, 5) is 22.8. The molecule has 108 valence electrons. The number of carboxylic acids is 1. The molecule has 0 spiro atoms. The lowest BCUT2D eigenvalue weighted by atomic mass is 10.1. The molecule has 0 aliphatic heterocycles. The highest BCUT2D eigenvalue weighted by molar-refractivity contribution is 6.33. The molecule has 0 unspecified atom stereocenters. The minimum absolute atomic E-state index is 0.159. The van der Waals surface area contributed by atoms with Crippen molar-refractivity contribution >= 4 is 34.9 Å². The number of nitrogens with two attached hydrogens (primary N) is 1. The summed E-state index contributed by atoms with van der Waals surface area (Å²) in [6, 6.07) is 7.60. The standard InChI is InChI=1S/C14H10ClFN2O3/c15-10-5-7(1-4-12(10)17)13(19)18-8-2-3-11(16)9(6-8)14(20)21/h1-6H,17H2,(H,18,19)(H,20,21). The maximum Gasteiger partial charge on any atom is 0.338 e. The van der Waals surface area contributed by atoms with Gasteiger partial charge in [0.15, 0.2) is 0 Å². The van der Waals surface area contributed by atoms with Gasteiger partial charge >= 0.3 is 5.97 Å². The first-order chi connectivity index (χ1) is 9.88. The zero-order chi connectivity index (χ0) is 15.6. The predicted octanol–water partition coefficient (Wildman–Crippen LogP) is 3.01. The highest BCUT2D eigenvalue weighted by Crippen LogP contribution is 2.21. The molecule has 0 aliphatic rings. The molecule has 0 radical (unpaired) electrons. The first-order valence-corrected chi connectivity index (χ1v) is 6.15. The molecule has 0 heterocycles. The van der Waals surface area contributed by atoms with Gasteiger partial charge in [-0.3, -0.25) is 4.79 Å². The van der Waals surface area contributed by atoms with E-state index in [0.29, 0.717) is 5.69 Å². The largest absolute Gasteiger partial charge is 0.478 e. The van der Waals surface area contributed by atoms with Crippen molar-refractivity contribution < 1.29 is 19.1 Å². The van der Waals surface area contributed by atoms with Crippen LogP contribution in [0.1, 0.15) is 20.7 Å². The molecule has 0 aromatic heterocycles. The highest BCUT2D eigenvalue weighted by atomic mass is 35.5. The molecular weight excluding hydrogens is 299 g/mol. The van der Waals surface area contributed by atoms with Crippen molar-refractivity contribution in [1.82, 2.24) is 0 Å². The van der Waals surface area contributed by atoms with Gasteiger partial charge in [-0.15, -0.1) is 0 Å². The van der Waals surface area contributed by atoms with E-state index in [2.05, 4.69) is 5.32 Å². The molecule has 0 aliphatic carbocycles. The van der Waals surface area contributed by atoms with Gasteiger partial charge in [0.25, 0.3) is 5.91 Å². The lowest BCUT2D eigenvalue weighted by Crippen LogP contribution is -2.13. The minimum atomic E-state index is -1.42. The van der Waals surface area contributed by atoms with Gasteiger partial charge in [-0.05, 0) is 36.4 Å². The van der Waals surface area contributed by atoms with Crippen LogP contribution in [-0.2, 0) is 0 Å². The molecule has 1 amide bonds. The Kier molecular flexibility index (Phi) is 4.09. The molecular formula is C14H10ClFN2O3. The van der Waals surface area contributed by atoms with Gasteiger partial charge in [0.1, 0.15) is 5.82 Å². The number of aromatic carboxylic acids is 1. The number of carbonyl (C=O) groups excluding carboxylic acids is 1. The Hall–Kier alpha value is -2.60. The van der Waals surface area contributed by atoms with Crippen LogP contribution < -0.4 is 11.1 Å². The number of benzene rings is 2. The van der Waals surface area contributed by atoms with Crippen molar-refractivity contribution in [3.63, 3.8) is 0 Å². The van der Waals surface area contributed by atoms with Gasteiger partial charge in [0, 0.05) is 11.3 Å². The summed E-state index contributed by atoms with van der Waals surface area (Å²) in [6.07, 6.45) is 0. The molecule has 2 rings (SSSR count). The molecule has 0 bridgehead atoms. The average Bonchev–Trinajstić information content (AvgIpc) is 2.43. The van der Waals surface area contributed by atoms with E-state index in [1.165, 1.54) is 24.3 Å². The summed E-state index contributed by atoms with van der Waals surface area (Å²) in [7, 11) is 0. The highest BCUT2D eigenvalue weighted by Gasteiger charge is 2.13. The lowest BCUT2D eigenvalue weighted by molar-refractivity contribution is 0.0691. The Morgan fingerprint density at radius 1 is 1.19 bits per heavy atom. The molecule has 2 aromatic rings. The first kappa shape index (κ1) is 14.8. The Morgan fingerprint density at radius 2 is 1.90 bits per heavy atom. The molecule has 0 saturated carbocycles. The van der Waals surface area contributed by atoms with Gasteiger partial charge < -0.3 is 16.2 Å². The monoisotopic (exact) mass is 308 g/mol. The summed E-state index contributed by atoms with van der Waals surface area (Å²) in [6.45, 7) is 0. The summed E-state index contributed by atoms with van der Waals surface area (Å²) >= 11 is 5.82. The van der Waals surface area contributed by atoms with Gasteiger partial charge in [-0.2, -0.15) is 0 Å². The van der Waals surface area contributed by atoms with E-state index in [-0.39, 0.29) is 16.3 Å². The number of amides is 1. The van der Waals surface area contributed by atoms with Crippen molar-refractivity contribution in [1.29, 1.82) is 0 Å². The number of nitrogen functional groups attached to an aromatic ring is 1. The zero-order valence-corrected chi connectivity index (χ0v) is 11.3. The molecule has 7 heteroatoms. The topological polar surface area (TPSA) is 92.4 Å². The van der Waals surface area contributed by atoms with E-state index in [1.807, 2.05) is 0 Å². The lowest BCUT2D eigenvalue weighted by Gasteiger charge is -2.07. The molecule has 0 saturated heterocycles. The number of anilines is 2. The molecule has 0 fully saturated rings. The van der Waals surface area contributed by atoms with Gasteiger partial charge in [-0.1, -0.05) is 11.6 Å². The zero-order valence-electron chi connectivity index (χ0n) is 10.6. The molecule has 2 aromatic carbocycles. The predicted molar refractivity (Wildman–Crippen MR) is 77.2 cm³/mol. The Bertz CT molecular complexity index is 734. The Labute approximate surface area is 124 Å². The summed E-state index contributed by atoms with van der Waals surface area (Å²) in [5, 5.41) is 11.5. The Morgan fingerprint density at radius 3 is 2.52 bits per heavy atom. The van der Waals surface area contributed by atoms with Crippen LogP contribution in [0.2, 0.25) is 5.02 Å². The molecule has 21 heavy (non-hydrogen) atoms. The van der Waals surface area contributed by atoms with Crippen LogP contribution in [0.25, 0.3) is 0 Å². The van der Waals surface area contributed by atoms with Crippen molar-refractivity contribution in [3.8, 4) is 0 Å². The van der Waals surface area contributed by atoms with Crippen molar-refractivity contribution in [2.75, 3.05) is 11.1 Å². The van der Waals surface area contributed by atoms with Crippen LogP contribution >= 0.6 is 11.6 Å². The van der Waals surface area contributed by atoms with E-state index < -0.39 is 23.3 Å². The second-order valence-electron chi connectivity index (χ2n) is 4.19. The van der Waals surface area contributed by atoms with Crippen LogP contribution in [0.15, 0.2) is 36.4 Å². The number of carboxylic acid groups (broad SMARTS) is 1. The smallest absolute Gasteiger partial charge is 0.338 e. The first-order valence-electron chi connectivity index (χ1n) is 5.77. The summed E-state index contributed by atoms with van der Waals surface area (Å²) in [5.74, 6) is -2.81. The minimum Gasteiger partial charge on any atom is -0.478 e. The fourth-order valence-electron chi connectivity index (χ4n) is 1.64. The van der Waals surface area contributed by atoms with Crippen LogP contribution in [0, 0.1) is 5.82 Å². The maximum absolute atomic E-state index is 13.3. The van der Waals surface area contributed by atoms with E-state index in [9.17, 15) is 14.0 Å². The van der Waals surface area contributed by atoms with Crippen LogP contribution in [-0.4, -0.2) is 17.0 Å². The van der Waals surface area contributed by atoms with Crippen molar-refractivity contribution in [3.05, 3.63) is 58.4 Å². The second kappa shape index (κ2) is 5.80. The van der Waals surface area contributed by atoms with E-state index in [4.69, 9.17) is 22.4 Å². The maximum atomic E-state index is 13.3. The summed E-state index contributed by atoms with van der Waals surface area (Å²) in [5.41, 5.74) is 5.76. The third-order valence-electron chi connectivity index (χ3n) is 2.72. The number of halogens is 2. The van der Waals surface area contributed by atoms with Crippen LogP contribution in [0.5, 0.6) is 0 Å². The van der Waals surface area contributed by atoms with E-state index in [1.54, 1.807) is 0 Å². The molecule has 4 N–H and O–H groups in total. The third-order valence-corrected chi connectivity index (χ3v) is 3.04. The van der Waals surface area contributed by atoms with Gasteiger partial charge in [0.05, 0.1) is 16.3 Å². The number of hydrogen-bond acceptors (Lipinski definition) is 3. The molecule has 0 atom stereocenters. The number of hydrogen-bond donors (Lipinski definition) is 3. The fourth-order valence-corrected chi connectivity index (χ4v) is 1.82. The van der Waals surface area contributed by atoms with Crippen molar-refractivity contribution in [2.45, 2.75) is 0 Å². The van der Waals surface area contributed by atoms with Crippen LogP contribution in [0.4, 0.5) is 15.8 Å². The van der Waals surface area contributed by atoms with Crippen molar-refractivity contribution in [2.24, 2.45) is 0 Å². The summed E-state index contributed by atoms with van der Waals surface area (Å²) < 4.78 is 13.3. The SMILES string of the molecule is Nc1ccc(C(=O)Nc2ccc(F)c(C(=O)O)c2)cc1Cl. The van der Waals surface area contributed by atoms with E-state index >= 15 is 0 Å². The third kappa shape index (κ3) is 3.29. The number of nitrogens with one attached hydrogen (secondary N) is 1. The molecule has 5 nitrogen and oxygen atoms in total. The van der Waals surface area contributed by atoms with Crippen LogP contribution in [0.3, 0.4) is 0 Å². The average molecular weight is 309 g/mol. The quantitative estimate of drug-likeness (QED) is 0.760. The van der Waals surface area contributed by atoms with Gasteiger partial charge in [-0.25, -0.2) is 9.18 Å². The van der Waals surface area contributed by atoms with E-state index in [0.717, 1.165) is 12.1 Å². The number of rotatable bonds is 3.